The van der Waals surface area contributed by atoms with Crippen LogP contribution >= 0.6 is 8.03 Å². The van der Waals surface area contributed by atoms with E-state index in [9.17, 15) is 4.57 Å². The zero-order valence-electron chi connectivity index (χ0n) is 20.5. The molecular formula is C24H53NO3P+. The van der Waals surface area contributed by atoms with E-state index >= 15 is 0 Å². The van der Waals surface area contributed by atoms with Crippen molar-refractivity contribution < 1.29 is 18.3 Å². The van der Waals surface area contributed by atoms with Gasteiger partial charge in [-0.15, -0.1) is 0 Å². The van der Waals surface area contributed by atoms with Crippen LogP contribution in [-0.2, 0) is 13.8 Å². The van der Waals surface area contributed by atoms with E-state index in [-0.39, 0.29) is 6.10 Å². The molecule has 0 saturated heterocycles. The fourth-order valence-corrected chi connectivity index (χ4v) is 4.73. The van der Waals surface area contributed by atoms with Gasteiger partial charge in [-0.1, -0.05) is 96.8 Å². The van der Waals surface area contributed by atoms with Crippen LogP contribution in [0.1, 0.15) is 103 Å². The van der Waals surface area contributed by atoms with E-state index in [1.807, 2.05) is 0 Å². The minimum atomic E-state index is -1.98. The van der Waals surface area contributed by atoms with Crippen molar-refractivity contribution in [3.63, 3.8) is 0 Å². The molecule has 0 rings (SSSR count). The van der Waals surface area contributed by atoms with Gasteiger partial charge in [-0.25, -0.2) is 0 Å². The topological polar surface area (TPSA) is 35.5 Å². The third kappa shape index (κ3) is 22.6. The average molecular weight is 435 g/mol. The van der Waals surface area contributed by atoms with Gasteiger partial charge in [-0.2, -0.15) is 0 Å². The first-order chi connectivity index (χ1) is 13.9. The van der Waals surface area contributed by atoms with Gasteiger partial charge in [-0.3, -0.25) is 4.57 Å². The Labute approximate surface area is 183 Å². The Bertz CT molecular complexity index is 372. The molecule has 5 heteroatoms. The molecule has 0 amide bonds. The van der Waals surface area contributed by atoms with Gasteiger partial charge in [0.2, 0.25) is 0 Å². The maximum atomic E-state index is 12.1. The highest BCUT2D eigenvalue weighted by atomic mass is 31.1. The number of rotatable bonds is 22. The zero-order valence-corrected chi connectivity index (χ0v) is 21.5. The fraction of sp³-hybridized carbons (Fsp3) is 1.00. The molecule has 0 spiro atoms. The monoisotopic (exact) mass is 434 g/mol. The Hall–Kier alpha value is 0.110. The minimum absolute atomic E-state index is 0.0860. The lowest BCUT2D eigenvalue weighted by Gasteiger charge is -2.23. The third-order valence-electron chi connectivity index (χ3n) is 5.63. The molecule has 0 heterocycles. The van der Waals surface area contributed by atoms with Crippen LogP contribution < -0.4 is 0 Å². The third-order valence-corrected chi connectivity index (χ3v) is 6.95. The number of likely N-dealkylation sites (N-methyl/N-ethyl adjacent to an activating group) is 1. The van der Waals surface area contributed by atoms with Crippen LogP contribution in [0.4, 0.5) is 0 Å². The molecule has 176 valence electrons. The lowest BCUT2D eigenvalue weighted by Crippen LogP contribution is -2.37. The maximum absolute atomic E-state index is 12.1. The number of hydrogen-bond acceptors (Lipinski definition) is 3. The van der Waals surface area contributed by atoms with Gasteiger partial charge in [0.25, 0.3) is 0 Å². The molecule has 0 aromatic carbocycles. The number of hydrogen-bond donors (Lipinski definition) is 0. The second-order valence-corrected chi connectivity index (χ2v) is 11.1. The van der Waals surface area contributed by atoms with E-state index < -0.39 is 8.03 Å². The van der Waals surface area contributed by atoms with Gasteiger partial charge in [0.05, 0.1) is 27.2 Å². The molecule has 0 bridgehead atoms. The summed E-state index contributed by atoms with van der Waals surface area (Å²) < 4.78 is 24.0. The molecule has 0 aliphatic rings. The molecule has 2 unspecified atom stereocenters. The molecule has 0 aliphatic heterocycles. The van der Waals surface area contributed by atoms with Gasteiger partial charge in [0.15, 0.2) is 8.03 Å². The van der Waals surface area contributed by atoms with Gasteiger partial charge < -0.3 is 13.7 Å². The quantitative estimate of drug-likeness (QED) is 0.104. The number of unbranched alkanes of at least 4 members (excludes halogenated alkanes) is 13. The van der Waals surface area contributed by atoms with Crippen LogP contribution in [0.25, 0.3) is 0 Å². The highest BCUT2D eigenvalue weighted by Crippen LogP contribution is 2.26. The van der Waals surface area contributed by atoms with Crippen LogP contribution in [0.2, 0.25) is 0 Å². The molecule has 2 atom stereocenters. The highest BCUT2D eigenvalue weighted by Gasteiger charge is 2.14. The van der Waals surface area contributed by atoms with Crippen LogP contribution in [0.15, 0.2) is 0 Å². The lowest BCUT2D eigenvalue weighted by atomic mass is 10.0. The van der Waals surface area contributed by atoms with E-state index in [1.165, 1.54) is 89.9 Å². The maximum Gasteiger partial charge on any atom is 0.194 e. The molecular weight excluding hydrogens is 381 g/mol. The number of methoxy groups -OCH3 is 1. The SMILES string of the molecule is CCCCCCCCCCCCCCCCC(C[PH](=O)OCC[N+](C)(C)C)OC. The van der Waals surface area contributed by atoms with Gasteiger partial charge in [-0.05, 0) is 6.42 Å². The molecule has 0 aromatic rings. The lowest BCUT2D eigenvalue weighted by molar-refractivity contribution is -0.870. The van der Waals surface area contributed by atoms with Crippen molar-refractivity contribution in [1.29, 1.82) is 0 Å². The molecule has 0 radical (unpaired) electrons. The van der Waals surface area contributed by atoms with E-state index in [0.29, 0.717) is 12.8 Å². The minimum Gasteiger partial charge on any atom is -0.381 e. The summed E-state index contributed by atoms with van der Waals surface area (Å²) in [4.78, 5) is 0. The highest BCUT2D eigenvalue weighted by molar-refractivity contribution is 7.39. The summed E-state index contributed by atoms with van der Waals surface area (Å²) in [5.74, 6) is 0. The summed E-state index contributed by atoms with van der Waals surface area (Å²) in [6, 6.07) is 0. The summed E-state index contributed by atoms with van der Waals surface area (Å²) in [5, 5.41) is 0. The second-order valence-electron chi connectivity index (χ2n) is 9.68. The van der Waals surface area contributed by atoms with E-state index in [1.54, 1.807) is 7.11 Å². The van der Waals surface area contributed by atoms with Crippen molar-refractivity contribution in [2.24, 2.45) is 0 Å². The molecule has 29 heavy (non-hydrogen) atoms. The Balaban J connectivity index is 3.46. The molecule has 0 aromatic heterocycles. The zero-order chi connectivity index (χ0) is 21.8. The van der Waals surface area contributed by atoms with Crippen LogP contribution in [0.5, 0.6) is 0 Å². The molecule has 0 saturated carbocycles. The summed E-state index contributed by atoms with van der Waals surface area (Å²) >= 11 is 0. The van der Waals surface area contributed by atoms with E-state index in [2.05, 4.69) is 28.1 Å². The molecule has 0 aliphatic carbocycles. The Morgan fingerprint density at radius 2 is 1.21 bits per heavy atom. The van der Waals surface area contributed by atoms with Crippen LogP contribution in [0.3, 0.4) is 0 Å². The fourth-order valence-electron chi connectivity index (χ4n) is 3.55. The van der Waals surface area contributed by atoms with Crippen LogP contribution in [-0.4, -0.2) is 58.2 Å². The summed E-state index contributed by atoms with van der Waals surface area (Å²) in [7, 11) is 6.11. The number of ether oxygens (including phenoxy) is 1. The first kappa shape index (κ1) is 29.1. The van der Waals surface area contributed by atoms with Gasteiger partial charge in [0.1, 0.15) is 13.2 Å². The van der Waals surface area contributed by atoms with E-state index in [0.717, 1.165) is 17.4 Å². The average Bonchev–Trinajstić information content (AvgIpc) is 2.66. The normalized spacial score (nSPS) is 14.2. The largest absolute Gasteiger partial charge is 0.381 e. The first-order valence-corrected chi connectivity index (χ1v) is 13.9. The van der Waals surface area contributed by atoms with Crippen molar-refractivity contribution in [2.45, 2.75) is 109 Å². The van der Waals surface area contributed by atoms with Gasteiger partial charge in [0, 0.05) is 13.3 Å². The first-order valence-electron chi connectivity index (χ1n) is 12.4. The summed E-state index contributed by atoms with van der Waals surface area (Å²) in [5.41, 5.74) is 0. The second kappa shape index (κ2) is 20.0. The Kier molecular flexibility index (Phi) is 20.1. The Morgan fingerprint density at radius 1 is 0.759 bits per heavy atom. The van der Waals surface area contributed by atoms with Gasteiger partial charge >= 0.3 is 0 Å². The number of quaternary nitrogens is 1. The molecule has 0 N–H and O–H groups in total. The predicted molar refractivity (Wildman–Crippen MR) is 128 cm³/mol. The smallest absolute Gasteiger partial charge is 0.194 e. The van der Waals surface area contributed by atoms with Crippen LogP contribution in [0, 0.1) is 0 Å². The van der Waals surface area contributed by atoms with Crippen molar-refractivity contribution in [1.82, 2.24) is 0 Å². The van der Waals surface area contributed by atoms with E-state index in [4.69, 9.17) is 9.26 Å². The Morgan fingerprint density at radius 3 is 1.62 bits per heavy atom. The molecule has 0 fully saturated rings. The standard InChI is InChI=1S/C24H53NO3P/c1-6-7-8-9-10-11-12-13-14-15-16-17-18-19-20-24(27-5)23-29(26)28-22-21-25(2,3)4/h24,29H,6-23H2,1-5H3/q+1. The van der Waals surface area contributed by atoms with Crippen molar-refractivity contribution in [3.8, 4) is 0 Å². The summed E-state index contributed by atoms with van der Waals surface area (Å²) in [6.07, 6.45) is 20.9. The predicted octanol–water partition coefficient (Wildman–Crippen LogP) is 7.07. The molecule has 4 nitrogen and oxygen atoms in total. The van der Waals surface area contributed by atoms with Crippen molar-refractivity contribution in [3.05, 3.63) is 0 Å². The number of nitrogens with zero attached hydrogens (tertiary/aromatic N) is 1. The van der Waals surface area contributed by atoms with Crippen molar-refractivity contribution in [2.75, 3.05) is 47.6 Å². The van der Waals surface area contributed by atoms with Crippen molar-refractivity contribution >= 4 is 8.03 Å². The summed E-state index contributed by atoms with van der Waals surface area (Å²) in [6.45, 7) is 3.73.